The summed E-state index contributed by atoms with van der Waals surface area (Å²) >= 11 is 0. The number of methoxy groups -OCH3 is 1. The average molecular weight is 465 g/mol. The number of hydrogen-bond donors (Lipinski definition) is 0. The summed E-state index contributed by atoms with van der Waals surface area (Å²) in [4.78, 5) is 15.1. The van der Waals surface area contributed by atoms with E-state index in [1.54, 1.807) is 16.3 Å². The zero-order valence-corrected chi connectivity index (χ0v) is 20.1. The zero-order chi connectivity index (χ0) is 23.0. The number of aryl methyl sites for hydroxylation is 1. The lowest BCUT2D eigenvalue weighted by Gasteiger charge is -2.34. The third-order valence-corrected chi connectivity index (χ3v) is 7.86. The summed E-state index contributed by atoms with van der Waals surface area (Å²) < 4.78 is 35.4. The Morgan fingerprint density at radius 3 is 2.69 bits per heavy atom. The number of nitrogens with zero attached hydrogens (tertiary/aromatic N) is 6. The smallest absolute Gasteiger partial charge is 0.256 e. The molecule has 2 aliphatic heterocycles. The van der Waals surface area contributed by atoms with Crippen LogP contribution in [0.15, 0.2) is 6.07 Å². The molecule has 2 aromatic heterocycles. The van der Waals surface area contributed by atoms with Crippen LogP contribution in [0.25, 0.3) is 0 Å². The quantitative estimate of drug-likeness (QED) is 0.642. The van der Waals surface area contributed by atoms with E-state index in [1.165, 1.54) is 6.26 Å². The van der Waals surface area contributed by atoms with Gasteiger partial charge in [-0.25, -0.2) is 8.42 Å². The van der Waals surface area contributed by atoms with Crippen LogP contribution in [-0.2, 0) is 34.4 Å². The van der Waals surface area contributed by atoms with Gasteiger partial charge in [0.2, 0.25) is 10.0 Å². The van der Waals surface area contributed by atoms with Gasteiger partial charge in [0, 0.05) is 44.7 Å². The van der Waals surface area contributed by atoms with Gasteiger partial charge in [-0.2, -0.15) is 4.31 Å². The first-order chi connectivity index (χ1) is 15.2. The number of carbonyl (C=O) groups excluding carboxylic acids is 1. The molecule has 10 nitrogen and oxygen atoms in total. The summed E-state index contributed by atoms with van der Waals surface area (Å²) in [6.07, 6.45) is 3.81. The molecule has 2 aromatic rings. The van der Waals surface area contributed by atoms with Crippen LogP contribution in [0.4, 0.5) is 0 Å². The highest BCUT2D eigenvalue weighted by molar-refractivity contribution is 7.88. The molecule has 4 heterocycles. The number of carbonyl (C=O) groups is 1. The molecule has 0 spiro atoms. The van der Waals surface area contributed by atoms with Gasteiger partial charge in [0.15, 0.2) is 11.6 Å². The van der Waals surface area contributed by atoms with Gasteiger partial charge < -0.3 is 18.8 Å². The minimum absolute atomic E-state index is 0.0204. The summed E-state index contributed by atoms with van der Waals surface area (Å²) in [5.41, 5.74) is 2.66. The molecule has 1 atom stereocenters. The molecule has 1 amide bonds. The maximum atomic E-state index is 13.3. The Morgan fingerprint density at radius 2 is 1.97 bits per heavy atom. The molecule has 1 saturated heterocycles. The topological polar surface area (TPSA) is 103 Å². The minimum Gasteiger partial charge on any atom is -0.383 e. The van der Waals surface area contributed by atoms with Gasteiger partial charge in [-0.3, -0.25) is 4.79 Å². The highest BCUT2D eigenvalue weighted by Crippen LogP contribution is 2.33. The Balaban J connectivity index is 1.55. The van der Waals surface area contributed by atoms with Crippen molar-refractivity contribution in [1.82, 2.24) is 28.5 Å². The van der Waals surface area contributed by atoms with Crippen LogP contribution in [-0.4, -0.2) is 75.9 Å². The summed E-state index contributed by atoms with van der Waals surface area (Å²) in [5.74, 6) is 1.37. The number of aromatic nitrogens is 4. The molecule has 0 radical (unpaired) electrons. The van der Waals surface area contributed by atoms with Gasteiger partial charge >= 0.3 is 0 Å². The normalized spacial score (nSPS) is 19.9. The van der Waals surface area contributed by atoms with E-state index in [0.29, 0.717) is 56.5 Å². The summed E-state index contributed by atoms with van der Waals surface area (Å²) in [5, 5.41) is 8.71. The SMILES string of the molecule is COCCn1c(C)cc(C(=O)N2CCn3c(nnc3C3CCCCN3S(C)(=O)=O)C2)c1C. The van der Waals surface area contributed by atoms with E-state index < -0.39 is 10.0 Å². The Kier molecular flexibility index (Phi) is 6.42. The van der Waals surface area contributed by atoms with Gasteiger partial charge in [-0.1, -0.05) is 6.42 Å². The van der Waals surface area contributed by atoms with Crippen LogP contribution in [0.3, 0.4) is 0 Å². The van der Waals surface area contributed by atoms with Crippen LogP contribution in [0.2, 0.25) is 0 Å². The van der Waals surface area contributed by atoms with Crippen molar-refractivity contribution in [3.63, 3.8) is 0 Å². The van der Waals surface area contributed by atoms with Crippen LogP contribution in [0, 0.1) is 13.8 Å². The number of sulfonamides is 1. The zero-order valence-electron chi connectivity index (χ0n) is 19.2. The minimum atomic E-state index is -3.32. The average Bonchev–Trinajstić information content (AvgIpc) is 3.31. The van der Waals surface area contributed by atoms with Crippen LogP contribution >= 0.6 is 0 Å². The Bertz CT molecular complexity index is 1110. The molecule has 32 heavy (non-hydrogen) atoms. The van der Waals surface area contributed by atoms with Crippen molar-refractivity contribution in [1.29, 1.82) is 0 Å². The van der Waals surface area contributed by atoms with E-state index in [0.717, 1.165) is 30.7 Å². The number of ether oxygens (including phenoxy) is 1. The lowest BCUT2D eigenvalue weighted by molar-refractivity contribution is 0.0703. The molecule has 0 aromatic carbocycles. The Labute approximate surface area is 189 Å². The highest BCUT2D eigenvalue weighted by atomic mass is 32.2. The van der Waals surface area contributed by atoms with Crippen molar-refractivity contribution in [2.75, 3.05) is 33.1 Å². The van der Waals surface area contributed by atoms with Gasteiger partial charge in [0.1, 0.15) is 0 Å². The fourth-order valence-electron chi connectivity index (χ4n) is 4.87. The maximum Gasteiger partial charge on any atom is 0.256 e. The second-order valence-corrected chi connectivity index (χ2v) is 10.6. The number of hydrogen-bond acceptors (Lipinski definition) is 6. The fraction of sp³-hybridized carbons (Fsp3) is 0.667. The molecule has 176 valence electrons. The van der Waals surface area contributed by atoms with Crippen molar-refractivity contribution >= 4 is 15.9 Å². The fourth-order valence-corrected chi connectivity index (χ4v) is 6.00. The van der Waals surface area contributed by atoms with Gasteiger partial charge in [-0.05, 0) is 32.8 Å². The molecule has 2 aliphatic rings. The first-order valence-electron chi connectivity index (χ1n) is 11.1. The molecule has 1 fully saturated rings. The standard InChI is InChI=1S/C21H32N6O4S/c1-15-13-17(16(2)25(15)11-12-31-3)21(28)24-9-10-26-19(14-24)22-23-20(26)18-7-5-6-8-27(18)32(4,29)30/h13,18H,5-12,14H2,1-4H3. The summed E-state index contributed by atoms with van der Waals surface area (Å²) in [6.45, 7) is 7.21. The molecule has 0 bridgehead atoms. The van der Waals surface area contributed by atoms with E-state index in [9.17, 15) is 13.2 Å². The lowest BCUT2D eigenvalue weighted by atomic mass is 10.0. The van der Waals surface area contributed by atoms with Gasteiger partial charge in [-0.15, -0.1) is 10.2 Å². The second-order valence-electron chi connectivity index (χ2n) is 8.67. The first kappa shape index (κ1) is 22.9. The van der Waals surface area contributed by atoms with E-state index >= 15 is 0 Å². The molecule has 0 N–H and O–H groups in total. The third kappa shape index (κ3) is 4.20. The number of rotatable bonds is 6. The first-order valence-corrected chi connectivity index (χ1v) is 12.9. The summed E-state index contributed by atoms with van der Waals surface area (Å²) in [7, 11) is -1.66. The second kappa shape index (κ2) is 8.95. The number of amides is 1. The van der Waals surface area contributed by atoms with Gasteiger partial charge in [0.05, 0.1) is 31.0 Å². The molecule has 1 unspecified atom stereocenters. The lowest BCUT2D eigenvalue weighted by Crippen LogP contribution is -2.42. The van der Waals surface area contributed by atoms with Crippen LogP contribution in [0.1, 0.15) is 58.7 Å². The Morgan fingerprint density at radius 1 is 1.19 bits per heavy atom. The van der Waals surface area contributed by atoms with Gasteiger partial charge in [0.25, 0.3) is 5.91 Å². The number of piperidine rings is 1. The summed E-state index contributed by atoms with van der Waals surface area (Å²) in [6, 6.07) is 1.64. The van der Waals surface area contributed by atoms with Crippen molar-refractivity contribution in [3.05, 3.63) is 34.7 Å². The van der Waals surface area contributed by atoms with E-state index in [-0.39, 0.29) is 11.9 Å². The van der Waals surface area contributed by atoms with Crippen molar-refractivity contribution in [2.24, 2.45) is 0 Å². The Hall–Kier alpha value is -2.24. The van der Waals surface area contributed by atoms with Crippen LogP contribution in [0.5, 0.6) is 0 Å². The molecule has 0 aliphatic carbocycles. The molecule has 0 saturated carbocycles. The molecular weight excluding hydrogens is 432 g/mol. The van der Waals surface area contributed by atoms with Crippen molar-refractivity contribution in [3.8, 4) is 0 Å². The predicted molar refractivity (Wildman–Crippen MR) is 119 cm³/mol. The van der Waals surface area contributed by atoms with Crippen molar-refractivity contribution < 1.29 is 17.9 Å². The van der Waals surface area contributed by atoms with Crippen molar-refractivity contribution in [2.45, 2.75) is 58.8 Å². The van der Waals surface area contributed by atoms with E-state index in [2.05, 4.69) is 14.8 Å². The number of fused-ring (bicyclic) bond motifs is 1. The molecule has 11 heteroatoms. The largest absolute Gasteiger partial charge is 0.383 e. The van der Waals surface area contributed by atoms with E-state index in [1.807, 2.05) is 24.5 Å². The third-order valence-electron chi connectivity index (χ3n) is 6.57. The van der Waals surface area contributed by atoms with E-state index in [4.69, 9.17) is 4.74 Å². The monoisotopic (exact) mass is 464 g/mol. The highest BCUT2D eigenvalue weighted by Gasteiger charge is 2.36. The van der Waals surface area contributed by atoms with Crippen LogP contribution < -0.4 is 0 Å². The maximum absolute atomic E-state index is 13.3. The molecular formula is C21H32N6O4S. The molecule has 4 rings (SSSR count). The predicted octanol–water partition coefficient (Wildman–Crippen LogP) is 1.49.